The van der Waals surface area contributed by atoms with Gasteiger partial charge < -0.3 is 9.64 Å². The van der Waals surface area contributed by atoms with Crippen LogP contribution in [0.25, 0.3) is 21.9 Å². The molecule has 1 aliphatic heterocycles. The molecule has 2 nitrogen and oxygen atoms in total. The van der Waals surface area contributed by atoms with Crippen molar-refractivity contribution >= 4 is 56.7 Å². The third-order valence-electron chi connectivity index (χ3n) is 9.80. The van der Waals surface area contributed by atoms with E-state index in [1.165, 1.54) is 42.6 Å². The van der Waals surface area contributed by atoms with Gasteiger partial charge in [0.05, 0.1) is 11.4 Å². The Kier molecular flexibility index (Phi) is 7.18. The van der Waals surface area contributed by atoms with Gasteiger partial charge in [0.2, 0.25) is 0 Å². The van der Waals surface area contributed by atoms with Crippen LogP contribution < -0.4 is 30.4 Å². The number of ether oxygens (including phenoxy) is 1. The second kappa shape index (κ2) is 12.1. The number of hydrogen-bond donors (Lipinski definition) is 0. The van der Waals surface area contributed by atoms with Crippen molar-refractivity contribution in [2.24, 2.45) is 0 Å². The molecule has 8 aromatic rings. The van der Waals surface area contributed by atoms with Crippen molar-refractivity contribution in [1.82, 2.24) is 0 Å². The zero-order chi connectivity index (χ0) is 32.6. The Morgan fingerprint density at radius 1 is 0.388 bits per heavy atom. The van der Waals surface area contributed by atoms with Crippen LogP contribution >= 0.6 is 0 Å². The highest BCUT2D eigenvalue weighted by molar-refractivity contribution is 7.20. The van der Waals surface area contributed by atoms with Crippen LogP contribution in [-0.4, -0.2) is 8.07 Å². The summed E-state index contributed by atoms with van der Waals surface area (Å²) in [6, 6.07) is 72.2. The van der Waals surface area contributed by atoms with Gasteiger partial charge in [0.25, 0.3) is 0 Å². The lowest BCUT2D eigenvalue weighted by Crippen LogP contribution is -2.76. The van der Waals surface area contributed by atoms with Gasteiger partial charge in [-0.25, -0.2) is 0 Å². The van der Waals surface area contributed by atoms with E-state index >= 15 is 0 Å². The van der Waals surface area contributed by atoms with E-state index in [0.29, 0.717) is 0 Å². The number of anilines is 3. The third kappa shape index (κ3) is 4.78. The Labute approximate surface area is 288 Å². The van der Waals surface area contributed by atoms with E-state index < -0.39 is 8.07 Å². The molecule has 0 fully saturated rings. The van der Waals surface area contributed by atoms with Crippen LogP contribution in [0.4, 0.5) is 17.1 Å². The molecule has 0 saturated heterocycles. The van der Waals surface area contributed by atoms with Gasteiger partial charge in [-0.2, -0.15) is 0 Å². The van der Waals surface area contributed by atoms with Crippen molar-refractivity contribution in [3.63, 3.8) is 0 Å². The topological polar surface area (TPSA) is 12.5 Å². The molecule has 0 aliphatic carbocycles. The summed E-state index contributed by atoms with van der Waals surface area (Å²) in [5.41, 5.74) is 5.57. The van der Waals surface area contributed by atoms with Crippen molar-refractivity contribution in [2.45, 2.75) is 0 Å². The summed E-state index contributed by atoms with van der Waals surface area (Å²) in [5, 5.41) is 7.55. The van der Waals surface area contributed by atoms with Gasteiger partial charge in [0, 0.05) is 11.1 Å². The lowest BCUT2D eigenvalue weighted by atomic mass is 10.0. The van der Waals surface area contributed by atoms with Crippen molar-refractivity contribution in [3.05, 3.63) is 200 Å². The summed E-state index contributed by atoms with van der Waals surface area (Å²) in [4.78, 5) is 2.39. The Bertz CT molecular complexity index is 2360. The molecule has 9 rings (SSSR count). The van der Waals surface area contributed by atoms with Crippen LogP contribution in [0.2, 0.25) is 0 Å². The molecule has 0 atom stereocenters. The number of fused-ring (bicyclic) bond motifs is 3. The van der Waals surface area contributed by atoms with E-state index in [4.69, 9.17) is 4.74 Å². The van der Waals surface area contributed by atoms with Gasteiger partial charge >= 0.3 is 0 Å². The van der Waals surface area contributed by atoms with Crippen molar-refractivity contribution < 1.29 is 4.74 Å². The van der Waals surface area contributed by atoms with Gasteiger partial charge in [-0.15, -0.1) is 0 Å². The van der Waals surface area contributed by atoms with E-state index in [-0.39, 0.29) is 0 Å². The first-order chi connectivity index (χ1) is 24.3. The van der Waals surface area contributed by atoms with Gasteiger partial charge in [-0.1, -0.05) is 170 Å². The Morgan fingerprint density at radius 3 is 1.65 bits per heavy atom. The highest BCUT2D eigenvalue weighted by Crippen LogP contribution is 2.45. The molecule has 0 amide bonds. The fraction of sp³-hybridized carbons (Fsp3) is 0. The molecule has 0 aromatic heterocycles. The zero-order valence-corrected chi connectivity index (χ0v) is 27.9. The molecule has 0 saturated carbocycles. The highest BCUT2D eigenvalue weighted by atomic mass is 28.3. The normalized spacial score (nSPS) is 12.8. The maximum Gasteiger partial charge on any atom is 0.188 e. The van der Waals surface area contributed by atoms with E-state index in [0.717, 1.165) is 28.6 Å². The van der Waals surface area contributed by atoms with Gasteiger partial charge in [0.15, 0.2) is 13.8 Å². The second-order valence-electron chi connectivity index (χ2n) is 12.5. The van der Waals surface area contributed by atoms with Gasteiger partial charge in [-0.05, 0) is 67.6 Å². The van der Waals surface area contributed by atoms with Crippen LogP contribution in [0.3, 0.4) is 0 Å². The van der Waals surface area contributed by atoms with E-state index in [2.05, 4.69) is 205 Å². The van der Waals surface area contributed by atoms with Crippen LogP contribution in [0.1, 0.15) is 0 Å². The maximum absolute atomic E-state index is 7.13. The van der Waals surface area contributed by atoms with Crippen LogP contribution in [-0.2, 0) is 0 Å². The minimum atomic E-state index is -2.81. The summed E-state index contributed by atoms with van der Waals surface area (Å²) in [5.74, 6) is 1.82. The summed E-state index contributed by atoms with van der Waals surface area (Å²) in [6.07, 6.45) is 0. The molecule has 0 bridgehead atoms. The summed E-state index contributed by atoms with van der Waals surface area (Å²) < 4.78 is 7.13. The Hall–Kier alpha value is -6.16. The van der Waals surface area contributed by atoms with E-state index in [1.54, 1.807) is 0 Å². The zero-order valence-electron chi connectivity index (χ0n) is 26.9. The predicted molar refractivity (Wildman–Crippen MR) is 208 cm³/mol. The quantitative estimate of drug-likeness (QED) is 0.167. The van der Waals surface area contributed by atoms with Crippen LogP contribution in [0, 0.1) is 0 Å². The lowest BCUT2D eigenvalue weighted by Gasteiger charge is -2.41. The van der Waals surface area contributed by atoms with Crippen molar-refractivity contribution in [2.75, 3.05) is 4.90 Å². The first-order valence-corrected chi connectivity index (χ1v) is 18.8. The number of rotatable bonds is 6. The first-order valence-electron chi connectivity index (χ1n) is 16.8. The third-order valence-corrected chi connectivity index (χ3v) is 14.6. The highest BCUT2D eigenvalue weighted by Gasteiger charge is 2.48. The average molecular weight is 644 g/mol. The maximum atomic E-state index is 7.13. The average Bonchev–Trinajstić information content (AvgIpc) is 3.19. The molecule has 1 heterocycles. The summed E-state index contributed by atoms with van der Waals surface area (Å²) >= 11 is 0. The van der Waals surface area contributed by atoms with Crippen LogP contribution in [0.15, 0.2) is 200 Å². The number of benzene rings is 8. The molecule has 0 radical (unpaired) electrons. The molecular formula is C46H33NOSi. The molecule has 8 aromatic carbocycles. The largest absolute Gasteiger partial charge is 0.455 e. The molecular weight excluding hydrogens is 611 g/mol. The number of para-hydroxylation sites is 2. The van der Waals surface area contributed by atoms with E-state index in [1.807, 2.05) is 0 Å². The lowest BCUT2D eigenvalue weighted by molar-refractivity contribution is 0.488. The molecule has 0 N–H and O–H groups in total. The number of hydrogen-bond acceptors (Lipinski definition) is 2. The minimum Gasteiger partial charge on any atom is -0.455 e. The smallest absolute Gasteiger partial charge is 0.188 e. The summed E-state index contributed by atoms with van der Waals surface area (Å²) in [7, 11) is -2.81. The minimum absolute atomic E-state index is 0.903. The van der Waals surface area contributed by atoms with E-state index in [9.17, 15) is 0 Å². The molecule has 0 spiro atoms. The first kappa shape index (κ1) is 29.0. The number of nitrogens with zero attached hydrogens (tertiary/aromatic N) is 1. The second-order valence-corrected chi connectivity index (χ2v) is 16.2. The van der Waals surface area contributed by atoms with Gasteiger partial charge in [0.1, 0.15) is 5.75 Å². The fourth-order valence-corrected chi connectivity index (χ4v) is 12.6. The van der Waals surface area contributed by atoms with Crippen LogP contribution in [0.5, 0.6) is 11.5 Å². The standard InChI is InChI=1S/C46H33NOSi/c1-4-16-34(17-5-1)35-30-32-37(33-31-35)47(41-25-14-19-36-18-10-11-24-40(36)41)42-26-15-29-45-46(42)48-43-27-12-13-28-44(43)49(45,38-20-6-2-7-21-38)39-22-8-3-9-23-39/h1-33H. The SMILES string of the molecule is c1ccc(-c2ccc(N(c3cccc4c3Oc3ccccc3[Si]4(c3ccccc3)c3ccccc3)c3cccc4ccccc34)cc2)cc1. The Morgan fingerprint density at radius 2 is 0.918 bits per heavy atom. The predicted octanol–water partition coefficient (Wildman–Crippen LogP) is 9.46. The molecule has 232 valence electrons. The monoisotopic (exact) mass is 643 g/mol. The Balaban J connectivity index is 1.34. The van der Waals surface area contributed by atoms with Crippen molar-refractivity contribution in [1.29, 1.82) is 0 Å². The molecule has 1 aliphatic rings. The van der Waals surface area contributed by atoms with Gasteiger partial charge in [-0.3, -0.25) is 0 Å². The summed E-state index contributed by atoms with van der Waals surface area (Å²) in [6.45, 7) is 0. The molecule has 3 heteroatoms. The fourth-order valence-electron chi connectivity index (χ4n) is 7.63. The van der Waals surface area contributed by atoms with Crippen molar-refractivity contribution in [3.8, 4) is 22.6 Å². The molecule has 0 unspecified atom stereocenters. The molecule has 49 heavy (non-hydrogen) atoms.